The van der Waals surface area contributed by atoms with Gasteiger partial charge in [-0.1, -0.05) is 6.07 Å². The van der Waals surface area contributed by atoms with E-state index >= 15 is 0 Å². The quantitative estimate of drug-likeness (QED) is 0.922. The molecule has 0 radical (unpaired) electrons. The van der Waals surface area contributed by atoms with Crippen molar-refractivity contribution >= 4 is 10.8 Å². The van der Waals surface area contributed by atoms with Crippen LogP contribution in [-0.4, -0.2) is 16.0 Å². The Bertz CT molecular complexity index is 455. The van der Waals surface area contributed by atoms with Crippen molar-refractivity contribution in [3.63, 3.8) is 0 Å². The first-order valence-corrected chi connectivity index (χ1v) is 6.91. The Morgan fingerprint density at radius 2 is 2.00 bits per heavy atom. The molecule has 1 saturated carbocycles. The number of halogens is 3. The maximum Gasteiger partial charge on any atom is 0.416 e. The molecule has 0 aliphatic heterocycles. The SMILES string of the molecule is NCC1CC(S(=O)c2cccc(C(F)(F)F)c2)C1. The fourth-order valence-corrected chi connectivity index (χ4v) is 3.77. The predicted octanol–water partition coefficient (Wildman–Crippen LogP) is 2.55. The smallest absolute Gasteiger partial charge is 0.330 e. The first-order chi connectivity index (χ1) is 8.41. The molecule has 0 amide bonds. The van der Waals surface area contributed by atoms with Crippen LogP contribution in [-0.2, 0) is 17.0 Å². The second-order valence-electron chi connectivity index (χ2n) is 4.52. The molecule has 1 aromatic rings. The largest absolute Gasteiger partial charge is 0.416 e. The molecule has 1 aromatic carbocycles. The number of hydrogen-bond donors (Lipinski definition) is 1. The maximum atomic E-state index is 12.5. The first kappa shape index (κ1) is 13.5. The van der Waals surface area contributed by atoms with Crippen LogP contribution in [0.3, 0.4) is 0 Å². The van der Waals surface area contributed by atoms with Crippen LogP contribution >= 0.6 is 0 Å². The minimum Gasteiger partial charge on any atom is -0.330 e. The van der Waals surface area contributed by atoms with Crippen molar-refractivity contribution in [3.8, 4) is 0 Å². The van der Waals surface area contributed by atoms with Crippen LogP contribution in [0.4, 0.5) is 13.2 Å². The molecule has 18 heavy (non-hydrogen) atoms. The Hall–Kier alpha value is -0.880. The summed E-state index contributed by atoms with van der Waals surface area (Å²) in [6, 6.07) is 4.76. The molecule has 2 nitrogen and oxygen atoms in total. The standard InChI is InChI=1S/C12H14F3NOS/c13-12(14,15)9-2-1-3-10(6-9)18(17)11-4-8(5-11)7-16/h1-3,6,8,11H,4-5,7,16H2. The fourth-order valence-electron chi connectivity index (χ4n) is 2.03. The zero-order valence-electron chi connectivity index (χ0n) is 9.61. The summed E-state index contributed by atoms with van der Waals surface area (Å²) in [5.74, 6) is 0.366. The summed E-state index contributed by atoms with van der Waals surface area (Å²) in [5, 5.41) is -0.0537. The van der Waals surface area contributed by atoms with E-state index in [0.717, 1.165) is 25.0 Å². The normalized spacial score (nSPS) is 25.6. The van der Waals surface area contributed by atoms with Crippen LogP contribution in [0.2, 0.25) is 0 Å². The first-order valence-electron chi connectivity index (χ1n) is 5.69. The van der Waals surface area contributed by atoms with Crippen LogP contribution in [0, 0.1) is 5.92 Å². The van der Waals surface area contributed by atoms with Gasteiger partial charge in [-0.05, 0) is 43.5 Å². The molecule has 1 aliphatic rings. The van der Waals surface area contributed by atoms with E-state index in [4.69, 9.17) is 5.73 Å². The van der Waals surface area contributed by atoms with Gasteiger partial charge in [0, 0.05) is 10.1 Å². The summed E-state index contributed by atoms with van der Waals surface area (Å²) in [7, 11) is -1.36. The Morgan fingerprint density at radius 1 is 1.33 bits per heavy atom. The fraction of sp³-hybridized carbons (Fsp3) is 0.500. The number of hydrogen-bond acceptors (Lipinski definition) is 2. The Morgan fingerprint density at radius 3 is 2.56 bits per heavy atom. The molecule has 1 unspecified atom stereocenters. The highest BCUT2D eigenvalue weighted by Gasteiger charge is 2.35. The van der Waals surface area contributed by atoms with Gasteiger partial charge in [0.1, 0.15) is 0 Å². The molecule has 0 bridgehead atoms. The van der Waals surface area contributed by atoms with Gasteiger partial charge in [0.05, 0.1) is 16.4 Å². The highest BCUT2D eigenvalue weighted by molar-refractivity contribution is 7.85. The molecular weight excluding hydrogens is 263 g/mol. The van der Waals surface area contributed by atoms with Crippen LogP contribution in [0.15, 0.2) is 29.2 Å². The molecule has 1 atom stereocenters. The lowest BCUT2D eigenvalue weighted by Gasteiger charge is -2.33. The molecule has 0 saturated heterocycles. The summed E-state index contributed by atoms with van der Waals surface area (Å²) in [5.41, 5.74) is 4.72. The van der Waals surface area contributed by atoms with Crippen LogP contribution in [0.25, 0.3) is 0 Å². The lowest BCUT2D eigenvalue weighted by molar-refractivity contribution is -0.137. The van der Waals surface area contributed by atoms with Crippen LogP contribution in [0.5, 0.6) is 0 Å². The molecular formula is C12H14F3NOS. The van der Waals surface area contributed by atoms with Gasteiger partial charge >= 0.3 is 6.18 Å². The molecule has 0 heterocycles. The molecule has 2 N–H and O–H groups in total. The van der Waals surface area contributed by atoms with E-state index in [1.165, 1.54) is 12.1 Å². The average Bonchev–Trinajstić information content (AvgIpc) is 2.26. The molecule has 100 valence electrons. The second kappa shape index (κ2) is 5.01. The van der Waals surface area contributed by atoms with E-state index in [1.807, 2.05) is 0 Å². The third kappa shape index (κ3) is 2.75. The lowest BCUT2D eigenvalue weighted by Crippen LogP contribution is -2.36. The van der Waals surface area contributed by atoms with Crippen molar-refractivity contribution in [2.45, 2.75) is 29.2 Å². The summed E-state index contributed by atoms with van der Waals surface area (Å²) in [6.07, 6.45) is -2.92. The third-order valence-electron chi connectivity index (χ3n) is 3.22. The minimum absolute atomic E-state index is 0.0537. The highest BCUT2D eigenvalue weighted by Crippen LogP contribution is 2.35. The topological polar surface area (TPSA) is 43.1 Å². The van der Waals surface area contributed by atoms with E-state index in [-0.39, 0.29) is 10.1 Å². The number of rotatable bonds is 3. The number of alkyl halides is 3. The van der Waals surface area contributed by atoms with Gasteiger partial charge in [-0.2, -0.15) is 13.2 Å². The van der Waals surface area contributed by atoms with E-state index < -0.39 is 22.5 Å². The molecule has 1 aliphatic carbocycles. The summed E-state index contributed by atoms with van der Waals surface area (Å²) < 4.78 is 49.7. The number of benzene rings is 1. The van der Waals surface area contributed by atoms with Crippen molar-refractivity contribution in [3.05, 3.63) is 29.8 Å². The second-order valence-corrected chi connectivity index (χ2v) is 6.25. The summed E-state index contributed by atoms with van der Waals surface area (Å²) in [6.45, 7) is 0.552. The zero-order chi connectivity index (χ0) is 13.3. The van der Waals surface area contributed by atoms with Gasteiger partial charge in [-0.15, -0.1) is 0 Å². The van der Waals surface area contributed by atoms with Crippen molar-refractivity contribution < 1.29 is 17.4 Å². The maximum absolute atomic E-state index is 12.5. The molecule has 2 rings (SSSR count). The Labute approximate surface area is 106 Å². The van der Waals surface area contributed by atoms with Gasteiger partial charge < -0.3 is 5.73 Å². The van der Waals surface area contributed by atoms with Crippen molar-refractivity contribution in [1.29, 1.82) is 0 Å². The summed E-state index contributed by atoms with van der Waals surface area (Å²) in [4.78, 5) is 0.255. The van der Waals surface area contributed by atoms with E-state index in [1.54, 1.807) is 0 Å². The van der Waals surface area contributed by atoms with E-state index in [0.29, 0.717) is 12.5 Å². The number of nitrogens with two attached hydrogens (primary N) is 1. The van der Waals surface area contributed by atoms with Gasteiger partial charge in [0.25, 0.3) is 0 Å². The van der Waals surface area contributed by atoms with Crippen molar-refractivity contribution in [2.75, 3.05) is 6.54 Å². The van der Waals surface area contributed by atoms with Crippen LogP contribution in [0.1, 0.15) is 18.4 Å². The minimum atomic E-state index is -4.39. The molecule has 6 heteroatoms. The van der Waals surface area contributed by atoms with E-state index in [2.05, 4.69) is 0 Å². The van der Waals surface area contributed by atoms with Gasteiger partial charge in [0.15, 0.2) is 0 Å². The highest BCUT2D eigenvalue weighted by atomic mass is 32.2. The molecule has 1 fully saturated rings. The monoisotopic (exact) mass is 277 g/mol. The Kier molecular flexibility index (Phi) is 3.77. The van der Waals surface area contributed by atoms with Gasteiger partial charge in [-0.3, -0.25) is 4.21 Å². The van der Waals surface area contributed by atoms with Crippen molar-refractivity contribution in [1.82, 2.24) is 0 Å². The summed E-state index contributed by atoms with van der Waals surface area (Å²) >= 11 is 0. The van der Waals surface area contributed by atoms with Gasteiger partial charge in [0.2, 0.25) is 0 Å². The van der Waals surface area contributed by atoms with E-state index in [9.17, 15) is 17.4 Å². The third-order valence-corrected chi connectivity index (χ3v) is 4.93. The molecule has 0 spiro atoms. The Balaban J connectivity index is 2.12. The van der Waals surface area contributed by atoms with Gasteiger partial charge in [-0.25, -0.2) is 0 Å². The predicted molar refractivity (Wildman–Crippen MR) is 63.4 cm³/mol. The van der Waals surface area contributed by atoms with Crippen molar-refractivity contribution in [2.24, 2.45) is 11.7 Å². The van der Waals surface area contributed by atoms with Crippen LogP contribution < -0.4 is 5.73 Å². The molecule has 0 aromatic heterocycles. The average molecular weight is 277 g/mol. The lowest BCUT2D eigenvalue weighted by atomic mass is 9.85. The zero-order valence-corrected chi connectivity index (χ0v) is 10.4.